The van der Waals surface area contributed by atoms with Crippen LogP contribution >= 0.6 is 15.9 Å². The maximum atomic E-state index is 12.1. The van der Waals surface area contributed by atoms with Crippen LogP contribution in [0.3, 0.4) is 0 Å². The Kier molecular flexibility index (Phi) is 4.15. The second-order valence-electron chi connectivity index (χ2n) is 3.91. The number of nitrogens with zero attached hydrogens (tertiary/aromatic N) is 2. The molecule has 0 bridgehead atoms. The number of halogens is 1. The minimum Gasteiger partial charge on any atom is -0.457 e. The highest BCUT2D eigenvalue weighted by Crippen LogP contribution is 2.18. The standard InChI is InChI=1S/C13H13BrN2O2/c1-16(8-5-10-4-2-3-7-15-10)13(17)11-6-9-18-12(11)14/h2-4,6-7,9H,5,8H2,1H3. The van der Waals surface area contributed by atoms with Crippen LogP contribution in [-0.2, 0) is 6.42 Å². The van der Waals surface area contributed by atoms with Gasteiger partial charge in [0.2, 0.25) is 0 Å². The Labute approximate surface area is 114 Å². The number of carbonyl (C=O) groups excluding carboxylic acids is 1. The number of aromatic nitrogens is 1. The smallest absolute Gasteiger partial charge is 0.258 e. The molecule has 0 radical (unpaired) electrons. The van der Waals surface area contributed by atoms with Crippen LogP contribution in [0.5, 0.6) is 0 Å². The van der Waals surface area contributed by atoms with Crippen molar-refractivity contribution < 1.29 is 9.21 Å². The predicted octanol–water partition coefficient (Wildman–Crippen LogP) is 2.75. The van der Waals surface area contributed by atoms with Gasteiger partial charge in [-0.05, 0) is 34.1 Å². The summed E-state index contributed by atoms with van der Waals surface area (Å²) in [7, 11) is 1.77. The third-order valence-electron chi connectivity index (χ3n) is 2.62. The van der Waals surface area contributed by atoms with Crippen LogP contribution in [0.25, 0.3) is 0 Å². The zero-order valence-electron chi connectivity index (χ0n) is 9.97. The van der Waals surface area contributed by atoms with E-state index >= 15 is 0 Å². The number of amides is 1. The number of likely N-dealkylation sites (N-methyl/N-ethyl adjacent to an activating group) is 1. The number of hydrogen-bond acceptors (Lipinski definition) is 3. The molecule has 2 aromatic heterocycles. The molecule has 0 N–H and O–H groups in total. The summed E-state index contributed by atoms with van der Waals surface area (Å²) < 4.78 is 5.53. The summed E-state index contributed by atoms with van der Waals surface area (Å²) in [6.45, 7) is 0.619. The van der Waals surface area contributed by atoms with Gasteiger partial charge in [0.25, 0.3) is 5.91 Å². The summed E-state index contributed by atoms with van der Waals surface area (Å²) in [6.07, 6.45) is 3.98. The summed E-state index contributed by atoms with van der Waals surface area (Å²) in [5, 5.41) is 0. The maximum absolute atomic E-state index is 12.1. The summed E-state index contributed by atoms with van der Waals surface area (Å²) in [5.41, 5.74) is 1.52. The van der Waals surface area contributed by atoms with Crippen molar-refractivity contribution in [3.63, 3.8) is 0 Å². The lowest BCUT2D eigenvalue weighted by Crippen LogP contribution is -2.28. The number of pyridine rings is 1. The van der Waals surface area contributed by atoms with Crippen LogP contribution in [0.4, 0.5) is 0 Å². The molecule has 0 aliphatic carbocycles. The molecule has 18 heavy (non-hydrogen) atoms. The Hall–Kier alpha value is -1.62. The highest BCUT2D eigenvalue weighted by atomic mass is 79.9. The predicted molar refractivity (Wildman–Crippen MR) is 71.3 cm³/mol. The van der Waals surface area contributed by atoms with Gasteiger partial charge < -0.3 is 9.32 Å². The molecule has 0 aliphatic heterocycles. The summed E-state index contributed by atoms with van der Waals surface area (Å²) in [5.74, 6) is -0.0634. The van der Waals surface area contributed by atoms with E-state index in [0.29, 0.717) is 16.8 Å². The molecule has 0 aliphatic rings. The lowest BCUT2D eigenvalue weighted by Gasteiger charge is -2.16. The van der Waals surface area contributed by atoms with E-state index in [2.05, 4.69) is 20.9 Å². The van der Waals surface area contributed by atoms with Crippen LogP contribution < -0.4 is 0 Å². The van der Waals surface area contributed by atoms with E-state index < -0.39 is 0 Å². The van der Waals surface area contributed by atoms with E-state index in [1.165, 1.54) is 6.26 Å². The second kappa shape index (κ2) is 5.82. The maximum Gasteiger partial charge on any atom is 0.258 e. The van der Waals surface area contributed by atoms with E-state index in [1.807, 2.05) is 18.2 Å². The molecule has 2 aromatic rings. The molecule has 94 valence electrons. The first-order valence-electron chi connectivity index (χ1n) is 5.57. The fourth-order valence-electron chi connectivity index (χ4n) is 1.58. The molecule has 0 saturated carbocycles. The van der Waals surface area contributed by atoms with E-state index in [9.17, 15) is 4.79 Å². The topological polar surface area (TPSA) is 46.3 Å². The summed E-state index contributed by atoms with van der Waals surface area (Å²) in [6, 6.07) is 7.42. The molecule has 1 amide bonds. The van der Waals surface area contributed by atoms with Crippen LogP contribution in [-0.4, -0.2) is 29.4 Å². The van der Waals surface area contributed by atoms with Gasteiger partial charge in [-0.15, -0.1) is 0 Å². The first kappa shape index (κ1) is 12.8. The quantitative estimate of drug-likeness (QED) is 0.872. The lowest BCUT2D eigenvalue weighted by molar-refractivity contribution is 0.0794. The van der Waals surface area contributed by atoms with Crippen molar-refractivity contribution in [2.75, 3.05) is 13.6 Å². The van der Waals surface area contributed by atoms with Crippen molar-refractivity contribution >= 4 is 21.8 Å². The minimum atomic E-state index is -0.0634. The average molecular weight is 309 g/mol. The first-order valence-corrected chi connectivity index (χ1v) is 6.36. The Morgan fingerprint density at radius 3 is 2.89 bits per heavy atom. The average Bonchev–Trinajstić information content (AvgIpc) is 2.82. The summed E-state index contributed by atoms with van der Waals surface area (Å²) in [4.78, 5) is 17.9. The lowest BCUT2D eigenvalue weighted by atomic mass is 10.2. The van der Waals surface area contributed by atoms with Crippen LogP contribution in [0.15, 0.2) is 45.8 Å². The van der Waals surface area contributed by atoms with Crippen molar-refractivity contribution in [2.24, 2.45) is 0 Å². The van der Waals surface area contributed by atoms with Crippen LogP contribution in [0.1, 0.15) is 16.1 Å². The van der Waals surface area contributed by atoms with Gasteiger partial charge in [-0.2, -0.15) is 0 Å². The zero-order valence-corrected chi connectivity index (χ0v) is 11.6. The van der Waals surface area contributed by atoms with Crippen molar-refractivity contribution in [3.8, 4) is 0 Å². The molecule has 0 fully saturated rings. The molecule has 0 atom stereocenters. The third-order valence-corrected chi connectivity index (χ3v) is 3.24. The molecule has 0 spiro atoms. The van der Waals surface area contributed by atoms with Gasteiger partial charge in [-0.3, -0.25) is 9.78 Å². The normalized spacial score (nSPS) is 10.3. The van der Waals surface area contributed by atoms with Gasteiger partial charge in [0, 0.05) is 31.9 Å². The summed E-state index contributed by atoms with van der Waals surface area (Å²) >= 11 is 3.20. The van der Waals surface area contributed by atoms with E-state index in [1.54, 1.807) is 24.2 Å². The van der Waals surface area contributed by atoms with Crippen LogP contribution in [0.2, 0.25) is 0 Å². The van der Waals surface area contributed by atoms with Gasteiger partial charge in [0.05, 0.1) is 11.8 Å². The molecule has 0 unspecified atom stereocenters. The van der Waals surface area contributed by atoms with Gasteiger partial charge in [0.15, 0.2) is 4.67 Å². The van der Waals surface area contributed by atoms with Gasteiger partial charge in [-0.1, -0.05) is 6.07 Å². The molecule has 0 aromatic carbocycles. The van der Waals surface area contributed by atoms with Crippen molar-refractivity contribution in [1.29, 1.82) is 0 Å². The van der Waals surface area contributed by atoms with Crippen molar-refractivity contribution in [1.82, 2.24) is 9.88 Å². The van der Waals surface area contributed by atoms with Crippen molar-refractivity contribution in [3.05, 3.63) is 52.7 Å². The SMILES string of the molecule is CN(CCc1ccccn1)C(=O)c1ccoc1Br. The minimum absolute atomic E-state index is 0.0634. The fourth-order valence-corrected chi connectivity index (χ4v) is 1.99. The largest absolute Gasteiger partial charge is 0.457 e. The molecule has 5 heteroatoms. The molecule has 2 heterocycles. The Morgan fingerprint density at radius 2 is 2.28 bits per heavy atom. The molecule has 4 nitrogen and oxygen atoms in total. The number of furan rings is 1. The second-order valence-corrected chi connectivity index (χ2v) is 4.63. The van der Waals surface area contributed by atoms with Crippen molar-refractivity contribution in [2.45, 2.75) is 6.42 Å². The Bertz CT molecular complexity index is 525. The fraction of sp³-hybridized carbons (Fsp3) is 0.231. The Morgan fingerprint density at radius 1 is 1.44 bits per heavy atom. The first-order chi connectivity index (χ1) is 8.68. The van der Waals surface area contributed by atoms with E-state index in [-0.39, 0.29) is 5.91 Å². The van der Waals surface area contributed by atoms with E-state index in [4.69, 9.17) is 4.42 Å². The zero-order chi connectivity index (χ0) is 13.0. The highest BCUT2D eigenvalue weighted by Gasteiger charge is 2.16. The van der Waals surface area contributed by atoms with Gasteiger partial charge in [0.1, 0.15) is 0 Å². The Balaban J connectivity index is 1.95. The third kappa shape index (κ3) is 2.98. The molecular formula is C13H13BrN2O2. The molecule has 2 rings (SSSR count). The number of hydrogen-bond donors (Lipinski definition) is 0. The molecular weight excluding hydrogens is 296 g/mol. The number of rotatable bonds is 4. The molecule has 0 saturated heterocycles. The monoisotopic (exact) mass is 308 g/mol. The van der Waals surface area contributed by atoms with Gasteiger partial charge in [-0.25, -0.2) is 0 Å². The van der Waals surface area contributed by atoms with Gasteiger partial charge >= 0.3 is 0 Å². The highest BCUT2D eigenvalue weighted by molar-refractivity contribution is 9.10. The number of carbonyl (C=O) groups is 1. The van der Waals surface area contributed by atoms with E-state index in [0.717, 1.165) is 12.1 Å². The van der Waals surface area contributed by atoms with Crippen LogP contribution in [0, 0.1) is 0 Å².